The van der Waals surface area contributed by atoms with Crippen LogP contribution in [0, 0.1) is 0 Å². The Hall–Kier alpha value is -5.34. The number of anilines is 5. The fraction of sp³-hybridized carbons (Fsp3) is 0.0256. The van der Waals surface area contributed by atoms with Gasteiger partial charge in [0.15, 0.2) is 0 Å². The van der Waals surface area contributed by atoms with Crippen LogP contribution in [0.15, 0.2) is 153 Å². The van der Waals surface area contributed by atoms with Gasteiger partial charge in [-0.05, 0) is 93.7 Å². The van der Waals surface area contributed by atoms with E-state index in [1.165, 1.54) is 21.9 Å². The molecule has 198 valence electrons. The fourth-order valence-corrected chi connectivity index (χ4v) is 5.31. The number of rotatable bonds is 8. The van der Waals surface area contributed by atoms with Gasteiger partial charge in [-0.1, -0.05) is 104 Å². The maximum atomic E-state index is 4.04. The minimum Gasteiger partial charge on any atom is -0.345 e. The van der Waals surface area contributed by atoms with Crippen LogP contribution in [0.25, 0.3) is 34.1 Å². The monoisotopic (exact) mass is 528 g/mol. The smallest absolute Gasteiger partial charge is 0.0468 e. The molecular formula is C39H32N2. The highest BCUT2D eigenvalue weighted by atomic mass is 15.1. The second-order valence-corrected chi connectivity index (χ2v) is 10.1. The molecule has 41 heavy (non-hydrogen) atoms. The molecule has 0 unspecified atom stereocenters. The molecule has 2 nitrogen and oxygen atoms in total. The minimum atomic E-state index is 1.05. The van der Waals surface area contributed by atoms with E-state index in [4.69, 9.17) is 0 Å². The van der Waals surface area contributed by atoms with Crippen LogP contribution in [0.1, 0.15) is 11.1 Å². The van der Waals surface area contributed by atoms with E-state index < -0.39 is 0 Å². The second-order valence-electron chi connectivity index (χ2n) is 10.1. The normalized spacial score (nSPS) is 10.8. The van der Waals surface area contributed by atoms with Crippen molar-refractivity contribution in [2.24, 2.45) is 0 Å². The number of hydrogen-bond donors (Lipinski definition) is 0. The zero-order valence-corrected chi connectivity index (χ0v) is 23.2. The maximum absolute atomic E-state index is 4.04. The number of benzene rings is 6. The van der Waals surface area contributed by atoms with Gasteiger partial charge >= 0.3 is 0 Å². The predicted molar refractivity (Wildman–Crippen MR) is 179 cm³/mol. The largest absolute Gasteiger partial charge is 0.345 e. The lowest BCUT2D eigenvalue weighted by molar-refractivity contribution is 1.20. The maximum Gasteiger partial charge on any atom is 0.0468 e. The molecule has 0 bridgehead atoms. The highest BCUT2D eigenvalue weighted by molar-refractivity contribution is 5.90. The van der Waals surface area contributed by atoms with Crippen LogP contribution in [0.5, 0.6) is 0 Å². The Morgan fingerprint density at radius 3 is 1.63 bits per heavy atom. The summed E-state index contributed by atoms with van der Waals surface area (Å²) < 4.78 is 0. The van der Waals surface area contributed by atoms with Crippen molar-refractivity contribution in [3.05, 3.63) is 164 Å². The number of fused-ring (bicyclic) bond motifs is 1. The summed E-state index contributed by atoms with van der Waals surface area (Å²) in [7, 11) is 2.11. The minimum absolute atomic E-state index is 1.05. The molecule has 0 spiro atoms. The molecular weight excluding hydrogens is 496 g/mol. The Labute approximate surface area is 242 Å². The van der Waals surface area contributed by atoms with Crippen molar-refractivity contribution < 1.29 is 0 Å². The van der Waals surface area contributed by atoms with E-state index in [0.29, 0.717) is 0 Å². The second kappa shape index (κ2) is 11.4. The average Bonchev–Trinajstić information content (AvgIpc) is 3.05. The molecule has 0 aliphatic heterocycles. The van der Waals surface area contributed by atoms with Crippen molar-refractivity contribution in [2.45, 2.75) is 0 Å². The van der Waals surface area contributed by atoms with Gasteiger partial charge in [0.25, 0.3) is 0 Å². The van der Waals surface area contributed by atoms with Crippen LogP contribution in [0.4, 0.5) is 28.4 Å². The van der Waals surface area contributed by atoms with Gasteiger partial charge in [0.1, 0.15) is 0 Å². The van der Waals surface area contributed by atoms with Gasteiger partial charge < -0.3 is 9.80 Å². The van der Waals surface area contributed by atoms with Crippen LogP contribution < -0.4 is 9.80 Å². The molecule has 0 heterocycles. The predicted octanol–water partition coefficient (Wildman–Crippen LogP) is 11.0. The first-order valence-corrected chi connectivity index (χ1v) is 13.8. The van der Waals surface area contributed by atoms with Gasteiger partial charge in [-0.3, -0.25) is 0 Å². The van der Waals surface area contributed by atoms with Crippen molar-refractivity contribution in [1.29, 1.82) is 0 Å². The number of nitrogens with zero attached hydrogens (tertiary/aromatic N) is 2. The molecule has 0 fully saturated rings. The van der Waals surface area contributed by atoms with E-state index in [1.807, 2.05) is 18.2 Å². The molecule has 0 N–H and O–H groups in total. The first kappa shape index (κ1) is 25.9. The van der Waals surface area contributed by atoms with Gasteiger partial charge in [0, 0.05) is 35.5 Å². The van der Waals surface area contributed by atoms with E-state index in [-0.39, 0.29) is 0 Å². The van der Waals surface area contributed by atoms with Crippen molar-refractivity contribution in [3.63, 3.8) is 0 Å². The molecule has 6 aromatic rings. The summed E-state index contributed by atoms with van der Waals surface area (Å²) in [4.78, 5) is 4.51. The molecule has 0 aromatic heterocycles. The van der Waals surface area contributed by atoms with Gasteiger partial charge in [-0.25, -0.2) is 0 Å². The van der Waals surface area contributed by atoms with E-state index in [2.05, 4.69) is 163 Å². The molecule has 0 amide bonds. The van der Waals surface area contributed by atoms with E-state index in [9.17, 15) is 0 Å². The highest BCUT2D eigenvalue weighted by Crippen LogP contribution is 2.38. The summed E-state index contributed by atoms with van der Waals surface area (Å²) in [6, 6.07) is 49.5. The third-order valence-electron chi connectivity index (χ3n) is 7.62. The Balaban J connectivity index is 1.35. The van der Waals surface area contributed by atoms with Gasteiger partial charge in [-0.2, -0.15) is 0 Å². The summed E-state index contributed by atoms with van der Waals surface area (Å²) in [6.45, 7) is 8.01. The molecule has 0 aliphatic rings. The summed E-state index contributed by atoms with van der Waals surface area (Å²) >= 11 is 0. The molecule has 6 rings (SSSR count). The summed E-state index contributed by atoms with van der Waals surface area (Å²) in [6.07, 6.45) is 3.76. The first-order chi connectivity index (χ1) is 20.1. The van der Waals surface area contributed by atoms with E-state index >= 15 is 0 Å². The average molecular weight is 529 g/mol. The molecule has 0 atom stereocenters. The van der Waals surface area contributed by atoms with Gasteiger partial charge in [0.2, 0.25) is 0 Å². The van der Waals surface area contributed by atoms with Crippen LogP contribution in [0.2, 0.25) is 0 Å². The fourth-order valence-electron chi connectivity index (χ4n) is 5.31. The van der Waals surface area contributed by atoms with Crippen molar-refractivity contribution in [3.8, 4) is 11.1 Å². The third kappa shape index (κ3) is 5.28. The SMILES string of the molecule is C=Cc1ccc(N(c2ccc(N(C)c3ccc(-c4ccccc4)cc3)cc2)c2ccc3ccccc3c2)cc1C=C. The lowest BCUT2D eigenvalue weighted by Gasteiger charge is -2.27. The van der Waals surface area contributed by atoms with E-state index in [1.54, 1.807) is 0 Å². The summed E-state index contributed by atoms with van der Waals surface area (Å²) in [5.74, 6) is 0. The van der Waals surface area contributed by atoms with Crippen LogP contribution >= 0.6 is 0 Å². The van der Waals surface area contributed by atoms with Crippen LogP contribution in [-0.4, -0.2) is 7.05 Å². The van der Waals surface area contributed by atoms with E-state index in [0.717, 1.165) is 39.6 Å². The Morgan fingerprint density at radius 1 is 0.439 bits per heavy atom. The standard InChI is InChI=1S/C39H32N2/c1-4-29-15-21-38(27-30(29)5-2)41(39-22-18-32-13-9-10-14-34(32)28-39)37-25-23-36(24-26-37)40(3)35-19-16-33(17-20-35)31-11-7-6-8-12-31/h4-28H,1-2H2,3H3. The highest BCUT2D eigenvalue weighted by Gasteiger charge is 2.15. The van der Waals surface area contributed by atoms with Gasteiger partial charge in [-0.15, -0.1) is 0 Å². The molecule has 0 radical (unpaired) electrons. The van der Waals surface area contributed by atoms with Gasteiger partial charge in [0.05, 0.1) is 0 Å². The molecule has 0 saturated carbocycles. The lowest BCUT2D eigenvalue weighted by Crippen LogP contribution is -2.12. The van der Waals surface area contributed by atoms with Crippen LogP contribution in [-0.2, 0) is 0 Å². The summed E-state index contributed by atoms with van der Waals surface area (Å²) in [5, 5.41) is 2.43. The zero-order valence-electron chi connectivity index (χ0n) is 23.2. The Bertz CT molecular complexity index is 1820. The lowest BCUT2D eigenvalue weighted by atomic mass is 10.0. The molecule has 2 heteroatoms. The topological polar surface area (TPSA) is 6.48 Å². The first-order valence-electron chi connectivity index (χ1n) is 13.8. The van der Waals surface area contributed by atoms with Crippen molar-refractivity contribution >= 4 is 51.4 Å². The molecule has 6 aromatic carbocycles. The van der Waals surface area contributed by atoms with Crippen molar-refractivity contribution in [1.82, 2.24) is 0 Å². The quantitative estimate of drug-likeness (QED) is 0.194. The Morgan fingerprint density at radius 2 is 0.951 bits per heavy atom. The molecule has 0 aliphatic carbocycles. The van der Waals surface area contributed by atoms with Crippen molar-refractivity contribution in [2.75, 3.05) is 16.8 Å². The zero-order chi connectivity index (χ0) is 28.2. The van der Waals surface area contributed by atoms with Crippen LogP contribution in [0.3, 0.4) is 0 Å². The third-order valence-corrected chi connectivity index (χ3v) is 7.62. The Kier molecular flexibility index (Phi) is 7.21. The summed E-state index contributed by atoms with van der Waals surface area (Å²) in [5.41, 5.74) is 10.1. The number of hydrogen-bond acceptors (Lipinski definition) is 2. The molecule has 0 saturated heterocycles.